The van der Waals surface area contributed by atoms with Crippen molar-refractivity contribution in [1.82, 2.24) is 4.31 Å². The molecule has 1 rings (SSSR count). The predicted molar refractivity (Wildman–Crippen MR) is 91.1 cm³/mol. The van der Waals surface area contributed by atoms with Gasteiger partial charge in [0, 0.05) is 23.6 Å². The first-order valence-corrected chi connectivity index (χ1v) is 8.33. The largest absolute Gasteiger partial charge is 0.330 e. The van der Waals surface area contributed by atoms with Gasteiger partial charge in [0.25, 0.3) is 0 Å². The molecule has 8 heteroatoms. The van der Waals surface area contributed by atoms with Crippen molar-refractivity contribution in [1.29, 1.82) is 0 Å². The molecule has 0 radical (unpaired) electrons. The summed E-state index contributed by atoms with van der Waals surface area (Å²) in [4.78, 5) is 0.0911. The second-order valence-electron chi connectivity index (χ2n) is 5.64. The average Bonchev–Trinajstić information content (AvgIpc) is 2.34. The molecule has 122 valence electrons. The van der Waals surface area contributed by atoms with Gasteiger partial charge >= 0.3 is 0 Å². The third-order valence-electron chi connectivity index (χ3n) is 3.17. The predicted octanol–water partition coefficient (Wildman–Crippen LogP) is 3.33. The molecule has 0 amide bonds. The van der Waals surface area contributed by atoms with E-state index in [4.69, 9.17) is 28.9 Å². The summed E-state index contributed by atoms with van der Waals surface area (Å²) in [5, 5.41) is 0.671. The fourth-order valence-electron chi connectivity index (χ4n) is 1.70. The Labute approximate surface area is 143 Å². The normalized spacial score (nSPS) is 12.4. The Bertz CT molecular complexity index is 580. The first-order chi connectivity index (χ1) is 9.01. The molecule has 21 heavy (non-hydrogen) atoms. The van der Waals surface area contributed by atoms with Gasteiger partial charge in [0.05, 0.1) is 4.90 Å². The van der Waals surface area contributed by atoms with Gasteiger partial charge in [0.15, 0.2) is 0 Å². The van der Waals surface area contributed by atoms with Crippen molar-refractivity contribution in [3.63, 3.8) is 0 Å². The number of sulfonamides is 1. The molecule has 0 aliphatic rings. The van der Waals surface area contributed by atoms with Crippen LogP contribution in [0.3, 0.4) is 0 Å². The minimum absolute atomic E-state index is 0. The molecule has 2 N–H and O–H groups in total. The van der Waals surface area contributed by atoms with E-state index >= 15 is 0 Å². The Morgan fingerprint density at radius 1 is 1.24 bits per heavy atom. The zero-order valence-corrected chi connectivity index (χ0v) is 15.6. The maximum absolute atomic E-state index is 12.5. The molecule has 0 aliphatic heterocycles. The van der Waals surface area contributed by atoms with Crippen molar-refractivity contribution in [2.45, 2.75) is 25.7 Å². The first kappa shape index (κ1) is 21.0. The van der Waals surface area contributed by atoms with Crippen LogP contribution < -0.4 is 5.73 Å². The quantitative estimate of drug-likeness (QED) is 0.858. The zero-order valence-electron chi connectivity index (χ0n) is 12.5. The highest BCUT2D eigenvalue weighted by Crippen LogP contribution is 2.29. The van der Waals surface area contributed by atoms with E-state index < -0.39 is 10.0 Å². The van der Waals surface area contributed by atoms with Gasteiger partial charge in [0.2, 0.25) is 10.0 Å². The fraction of sp³-hybridized carbons (Fsp3) is 0.538. The number of benzene rings is 1. The van der Waals surface area contributed by atoms with E-state index in [-0.39, 0.29) is 22.7 Å². The second kappa shape index (κ2) is 7.49. The molecular weight excluding hydrogens is 355 g/mol. The topological polar surface area (TPSA) is 63.4 Å². The van der Waals surface area contributed by atoms with E-state index in [9.17, 15) is 8.42 Å². The van der Waals surface area contributed by atoms with Crippen molar-refractivity contribution in [2.75, 3.05) is 20.1 Å². The number of hydrogen-bond donors (Lipinski definition) is 1. The third-order valence-corrected chi connectivity index (χ3v) is 5.73. The smallest absolute Gasteiger partial charge is 0.242 e. The lowest BCUT2D eigenvalue weighted by atomic mass is 9.94. The Balaban J connectivity index is 0.00000400. The molecule has 0 aromatic heterocycles. The Hall–Kier alpha value is -0.0400. The summed E-state index contributed by atoms with van der Waals surface area (Å²) in [7, 11) is -2.11. The van der Waals surface area contributed by atoms with Crippen LogP contribution in [0.4, 0.5) is 0 Å². The molecule has 0 fully saturated rings. The zero-order chi connectivity index (χ0) is 15.7. The summed E-state index contributed by atoms with van der Waals surface area (Å²) in [5.41, 5.74) is 6.00. The van der Waals surface area contributed by atoms with E-state index in [1.165, 1.54) is 23.5 Å². The highest BCUT2D eigenvalue weighted by Gasteiger charge is 2.28. The van der Waals surface area contributed by atoms with Gasteiger partial charge < -0.3 is 5.73 Å². The fourth-order valence-corrected chi connectivity index (χ4v) is 3.73. The first-order valence-electron chi connectivity index (χ1n) is 6.13. The molecule has 0 saturated heterocycles. The summed E-state index contributed by atoms with van der Waals surface area (Å²) in [6.07, 6.45) is 0. The van der Waals surface area contributed by atoms with Crippen molar-refractivity contribution in [3.05, 3.63) is 27.7 Å². The van der Waals surface area contributed by atoms with Crippen LogP contribution in [0.15, 0.2) is 17.0 Å². The molecule has 1 aromatic rings. The van der Waals surface area contributed by atoms with Crippen molar-refractivity contribution in [2.24, 2.45) is 11.1 Å². The van der Waals surface area contributed by atoms with Gasteiger partial charge in [-0.15, -0.1) is 12.4 Å². The Morgan fingerprint density at radius 2 is 1.67 bits per heavy atom. The van der Waals surface area contributed by atoms with Crippen LogP contribution in [0.25, 0.3) is 0 Å². The lowest BCUT2D eigenvalue weighted by molar-refractivity contribution is 0.292. The van der Waals surface area contributed by atoms with Crippen molar-refractivity contribution < 1.29 is 8.42 Å². The van der Waals surface area contributed by atoms with Crippen LogP contribution in [-0.4, -0.2) is 32.9 Å². The minimum atomic E-state index is -3.64. The maximum Gasteiger partial charge on any atom is 0.242 e. The minimum Gasteiger partial charge on any atom is -0.330 e. The highest BCUT2D eigenvalue weighted by atomic mass is 35.5. The summed E-state index contributed by atoms with van der Waals surface area (Å²) < 4.78 is 26.3. The molecule has 0 atom stereocenters. The van der Waals surface area contributed by atoms with Crippen LogP contribution >= 0.6 is 35.6 Å². The molecule has 0 unspecified atom stereocenters. The van der Waals surface area contributed by atoms with E-state index in [1.807, 2.05) is 13.8 Å². The molecule has 0 aliphatic carbocycles. The van der Waals surface area contributed by atoms with Crippen LogP contribution in [0.2, 0.25) is 10.0 Å². The van der Waals surface area contributed by atoms with Crippen LogP contribution in [0.5, 0.6) is 0 Å². The van der Waals surface area contributed by atoms with Crippen LogP contribution in [0, 0.1) is 12.3 Å². The average molecular weight is 376 g/mol. The number of nitrogens with zero attached hydrogens (tertiary/aromatic N) is 1. The number of halogens is 3. The molecule has 0 heterocycles. The Morgan fingerprint density at radius 3 is 2.05 bits per heavy atom. The van der Waals surface area contributed by atoms with E-state index in [0.717, 1.165) is 0 Å². The molecular formula is C13H21Cl3N2O2S. The number of nitrogens with two attached hydrogens (primary N) is 1. The highest BCUT2D eigenvalue weighted by molar-refractivity contribution is 7.89. The molecule has 0 spiro atoms. The van der Waals surface area contributed by atoms with Gasteiger partial charge in [0.1, 0.15) is 0 Å². The van der Waals surface area contributed by atoms with Crippen molar-refractivity contribution in [3.8, 4) is 0 Å². The van der Waals surface area contributed by atoms with E-state index in [2.05, 4.69) is 0 Å². The lowest BCUT2D eigenvalue weighted by Crippen LogP contribution is -2.39. The number of hydrogen-bond acceptors (Lipinski definition) is 3. The van der Waals surface area contributed by atoms with Crippen molar-refractivity contribution >= 4 is 45.6 Å². The Kier molecular flexibility index (Phi) is 7.47. The molecule has 4 nitrogen and oxygen atoms in total. The molecule has 0 bridgehead atoms. The number of rotatable bonds is 5. The molecule has 1 aromatic carbocycles. The van der Waals surface area contributed by atoms with Crippen LogP contribution in [0.1, 0.15) is 19.4 Å². The summed E-state index contributed by atoms with van der Waals surface area (Å²) >= 11 is 12.0. The summed E-state index contributed by atoms with van der Waals surface area (Å²) in [5.74, 6) is 0. The second-order valence-corrected chi connectivity index (χ2v) is 8.50. The van der Waals surface area contributed by atoms with Gasteiger partial charge in [-0.1, -0.05) is 37.0 Å². The SMILES string of the molecule is Cc1c(Cl)cc(S(=O)(=O)N(C)CC(C)(C)CN)cc1Cl.Cl. The van der Waals surface area contributed by atoms with E-state index in [0.29, 0.717) is 28.7 Å². The van der Waals surface area contributed by atoms with Gasteiger partial charge in [-0.3, -0.25) is 0 Å². The summed E-state index contributed by atoms with van der Waals surface area (Å²) in [6, 6.07) is 2.84. The lowest BCUT2D eigenvalue weighted by Gasteiger charge is -2.28. The summed E-state index contributed by atoms with van der Waals surface area (Å²) in [6.45, 7) is 6.27. The van der Waals surface area contributed by atoms with E-state index in [1.54, 1.807) is 6.92 Å². The monoisotopic (exact) mass is 374 g/mol. The standard InChI is InChI=1S/C13H20Cl2N2O2S.ClH/c1-9-11(14)5-10(6-12(9)15)20(18,19)17(4)8-13(2,3)7-16;/h5-6H,7-8,16H2,1-4H3;1H. The third kappa shape index (κ3) is 4.98. The van der Waals surface area contributed by atoms with Gasteiger partial charge in [-0.05, 0) is 36.6 Å². The van der Waals surface area contributed by atoms with Gasteiger partial charge in [-0.2, -0.15) is 0 Å². The molecule has 0 saturated carbocycles. The maximum atomic E-state index is 12.5. The van der Waals surface area contributed by atoms with Gasteiger partial charge in [-0.25, -0.2) is 12.7 Å². The van der Waals surface area contributed by atoms with Crippen LogP contribution in [-0.2, 0) is 10.0 Å².